The predicted octanol–water partition coefficient (Wildman–Crippen LogP) is 2.92. The van der Waals surface area contributed by atoms with Crippen LogP contribution < -0.4 is 5.32 Å². The van der Waals surface area contributed by atoms with E-state index in [1.165, 1.54) is 24.0 Å². The van der Waals surface area contributed by atoms with Crippen LogP contribution in [0.2, 0.25) is 0 Å². The van der Waals surface area contributed by atoms with E-state index in [0.29, 0.717) is 6.54 Å². The summed E-state index contributed by atoms with van der Waals surface area (Å²) in [6.07, 6.45) is 0.733. The van der Waals surface area contributed by atoms with E-state index < -0.39 is 6.04 Å². The van der Waals surface area contributed by atoms with Crippen molar-refractivity contribution in [2.24, 2.45) is 0 Å². The molecule has 0 aliphatic rings. The third-order valence-corrected chi connectivity index (χ3v) is 4.07. The number of halogens is 1. The van der Waals surface area contributed by atoms with Crippen LogP contribution in [0.1, 0.15) is 25.0 Å². The largest absolute Gasteiger partial charge is 0.354 e. The van der Waals surface area contributed by atoms with Gasteiger partial charge in [-0.25, -0.2) is 4.39 Å². The van der Waals surface area contributed by atoms with Crippen molar-refractivity contribution in [1.82, 2.24) is 10.2 Å². The minimum Gasteiger partial charge on any atom is -0.354 e. The lowest BCUT2D eigenvalue weighted by atomic mass is 10.1. The number of carbonyl (C=O) groups is 2. The van der Waals surface area contributed by atoms with Crippen molar-refractivity contribution in [2.45, 2.75) is 32.9 Å². The van der Waals surface area contributed by atoms with Crippen LogP contribution in [-0.2, 0) is 22.6 Å². The molecule has 1 unspecified atom stereocenters. The summed E-state index contributed by atoms with van der Waals surface area (Å²) in [6.45, 7) is 3.90. The first-order valence-electron chi connectivity index (χ1n) is 8.30. The maximum absolute atomic E-state index is 13.0. The number of nitrogens with one attached hydrogen (secondary N) is 1. The molecule has 1 atom stereocenters. The number of hydrogen-bond acceptors (Lipinski definition) is 2. The highest BCUT2D eigenvalue weighted by Crippen LogP contribution is 2.10. The first-order chi connectivity index (χ1) is 12.0. The molecule has 2 aromatic carbocycles. The summed E-state index contributed by atoms with van der Waals surface area (Å²) in [7, 11) is 0. The van der Waals surface area contributed by atoms with E-state index in [2.05, 4.69) is 5.32 Å². The van der Waals surface area contributed by atoms with E-state index in [9.17, 15) is 14.0 Å². The van der Waals surface area contributed by atoms with Gasteiger partial charge < -0.3 is 10.2 Å². The molecule has 132 valence electrons. The third-order valence-electron chi connectivity index (χ3n) is 4.07. The Morgan fingerprint density at radius 3 is 2.28 bits per heavy atom. The van der Waals surface area contributed by atoms with Gasteiger partial charge in [0.2, 0.25) is 11.8 Å². The van der Waals surface area contributed by atoms with Crippen LogP contribution in [0.3, 0.4) is 0 Å². The Bertz CT molecular complexity index is 701. The molecule has 0 bridgehead atoms. The van der Waals surface area contributed by atoms with Gasteiger partial charge in [0, 0.05) is 20.0 Å². The monoisotopic (exact) mass is 342 g/mol. The van der Waals surface area contributed by atoms with Gasteiger partial charge in [0.25, 0.3) is 0 Å². The van der Waals surface area contributed by atoms with Gasteiger partial charge in [0.15, 0.2) is 0 Å². The molecule has 25 heavy (non-hydrogen) atoms. The smallest absolute Gasteiger partial charge is 0.242 e. The van der Waals surface area contributed by atoms with Crippen LogP contribution in [0.5, 0.6) is 0 Å². The van der Waals surface area contributed by atoms with Crippen molar-refractivity contribution in [3.8, 4) is 0 Å². The van der Waals surface area contributed by atoms with E-state index in [1.54, 1.807) is 19.1 Å². The number of rotatable bonds is 7. The summed E-state index contributed by atoms with van der Waals surface area (Å²) in [4.78, 5) is 25.8. The lowest BCUT2D eigenvalue weighted by Crippen LogP contribution is -2.47. The molecular formula is C20H23FN2O2. The molecule has 0 saturated carbocycles. The Kier molecular flexibility index (Phi) is 6.69. The second-order valence-corrected chi connectivity index (χ2v) is 5.98. The molecule has 0 spiro atoms. The number of carbonyl (C=O) groups excluding carboxylic acids is 2. The van der Waals surface area contributed by atoms with Gasteiger partial charge in [-0.2, -0.15) is 0 Å². The van der Waals surface area contributed by atoms with Crippen LogP contribution in [0.15, 0.2) is 54.6 Å². The quantitative estimate of drug-likeness (QED) is 0.841. The highest BCUT2D eigenvalue weighted by atomic mass is 19.1. The van der Waals surface area contributed by atoms with Gasteiger partial charge in [-0.1, -0.05) is 42.5 Å². The second-order valence-electron chi connectivity index (χ2n) is 5.98. The zero-order chi connectivity index (χ0) is 18.2. The molecular weight excluding hydrogens is 319 g/mol. The molecule has 0 heterocycles. The number of nitrogens with zero attached hydrogens (tertiary/aromatic N) is 1. The fourth-order valence-corrected chi connectivity index (χ4v) is 2.57. The molecule has 2 amide bonds. The molecule has 0 radical (unpaired) electrons. The van der Waals surface area contributed by atoms with Gasteiger partial charge in [0.1, 0.15) is 11.9 Å². The summed E-state index contributed by atoms with van der Waals surface area (Å²) < 4.78 is 13.0. The van der Waals surface area contributed by atoms with Crippen LogP contribution in [0.4, 0.5) is 4.39 Å². The number of amides is 2. The van der Waals surface area contributed by atoms with E-state index >= 15 is 0 Å². The molecule has 4 nitrogen and oxygen atoms in total. The maximum Gasteiger partial charge on any atom is 0.242 e. The highest BCUT2D eigenvalue weighted by molar-refractivity contribution is 5.86. The van der Waals surface area contributed by atoms with E-state index in [0.717, 1.165) is 17.5 Å². The molecule has 0 fully saturated rings. The van der Waals surface area contributed by atoms with Crippen LogP contribution in [-0.4, -0.2) is 29.3 Å². The summed E-state index contributed by atoms with van der Waals surface area (Å²) >= 11 is 0. The second kappa shape index (κ2) is 8.97. The minimum absolute atomic E-state index is 0.199. The lowest BCUT2D eigenvalue weighted by molar-refractivity contribution is -0.138. The third kappa shape index (κ3) is 5.71. The fraction of sp³-hybridized carbons (Fsp3) is 0.300. The maximum atomic E-state index is 13.0. The Hall–Kier alpha value is -2.69. The van der Waals surface area contributed by atoms with Crippen LogP contribution in [0, 0.1) is 5.82 Å². The predicted molar refractivity (Wildman–Crippen MR) is 95.2 cm³/mol. The van der Waals surface area contributed by atoms with Gasteiger partial charge in [-0.3, -0.25) is 9.59 Å². The summed E-state index contributed by atoms with van der Waals surface area (Å²) in [5.41, 5.74) is 1.92. The average molecular weight is 342 g/mol. The molecule has 2 rings (SSSR count). The lowest BCUT2D eigenvalue weighted by Gasteiger charge is -2.27. The van der Waals surface area contributed by atoms with E-state index in [4.69, 9.17) is 0 Å². The Labute approximate surface area is 147 Å². The molecule has 0 saturated heterocycles. The van der Waals surface area contributed by atoms with Crippen molar-refractivity contribution in [3.05, 3.63) is 71.5 Å². The van der Waals surface area contributed by atoms with Gasteiger partial charge in [-0.15, -0.1) is 0 Å². The fourth-order valence-electron chi connectivity index (χ4n) is 2.57. The molecule has 5 heteroatoms. The normalized spacial score (nSPS) is 11.6. The average Bonchev–Trinajstić information content (AvgIpc) is 2.61. The number of benzene rings is 2. The van der Waals surface area contributed by atoms with Crippen LogP contribution >= 0.6 is 0 Å². The Morgan fingerprint density at radius 1 is 1.04 bits per heavy atom. The SMILES string of the molecule is CC(=O)N(Cc1ccc(F)cc1)C(C)C(=O)NCCc1ccccc1. The summed E-state index contributed by atoms with van der Waals surface area (Å²) in [6, 6.07) is 15.2. The van der Waals surface area contributed by atoms with Gasteiger partial charge >= 0.3 is 0 Å². The zero-order valence-corrected chi connectivity index (χ0v) is 14.5. The van der Waals surface area contributed by atoms with Crippen molar-refractivity contribution in [3.63, 3.8) is 0 Å². The molecule has 2 aromatic rings. The Balaban J connectivity index is 1.91. The highest BCUT2D eigenvalue weighted by Gasteiger charge is 2.23. The first kappa shape index (κ1) is 18.6. The summed E-state index contributed by atoms with van der Waals surface area (Å²) in [5.74, 6) is -0.729. The van der Waals surface area contributed by atoms with Gasteiger partial charge in [-0.05, 0) is 36.6 Å². The van der Waals surface area contributed by atoms with Crippen molar-refractivity contribution < 1.29 is 14.0 Å². The standard InChI is InChI=1S/C20H23FN2O2/c1-15(20(25)22-13-12-17-6-4-3-5-7-17)23(16(2)24)14-18-8-10-19(21)11-9-18/h3-11,15H,12-14H2,1-2H3,(H,22,25). The molecule has 0 aliphatic carbocycles. The summed E-state index contributed by atoms with van der Waals surface area (Å²) in [5, 5.41) is 2.87. The first-order valence-corrected chi connectivity index (χ1v) is 8.30. The molecule has 0 aliphatic heterocycles. The van der Waals surface area contributed by atoms with Crippen molar-refractivity contribution in [2.75, 3.05) is 6.54 Å². The Morgan fingerprint density at radius 2 is 1.68 bits per heavy atom. The van der Waals surface area contributed by atoms with E-state index in [-0.39, 0.29) is 24.2 Å². The van der Waals surface area contributed by atoms with Crippen molar-refractivity contribution in [1.29, 1.82) is 0 Å². The minimum atomic E-state index is -0.599. The van der Waals surface area contributed by atoms with Crippen LogP contribution in [0.25, 0.3) is 0 Å². The molecule has 0 aromatic heterocycles. The topological polar surface area (TPSA) is 49.4 Å². The van der Waals surface area contributed by atoms with Crippen molar-refractivity contribution >= 4 is 11.8 Å². The zero-order valence-electron chi connectivity index (χ0n) is 14.5. The molecule has 1 N–H and O–H groups in total. The van der Waals surface area contributed by atoms with Gasteiger partial charge in [0.05, 0.1) is 0 Å². The van der Waals surface area contributed by atoms with E-state index in [1.807, 2.05) is 30.3 Å². The number of hydrogen-bond donors (Lipinski definition) is 1.